The molecule has 4 saturated carbocycles. The highest BCUT2D eigenvalue weighted by molar-refractivity contribution is 5.95. The van der Waals surface area contributed by atoms with Gasteiger partial charge in [-0.1, -0.05) is 37.3 Å². The standard InChI is InChI=1S/C26H32N2O/c1-2-22-7-3-4-9-24(22)27-17-18-6-5-8-23(13-18)25(29)28-26-14-19-10-20(15-26)12-21(11-19)16-26/h3-9,13,19-21,27H,2,10-12,14-17H2,1H3,(H,28,29). The van der Waals surface area contributed by atoms with Crippen molar-refractivity contribution in [2.45, 2.75) is 64.0 Å². The molecule has 1 amide bonds. The quantitative estimate of drug-likeness (QED) is 0.680. The van der Waals surface area contributed by atoms with Gasteiger partial charge in [-0.2, -0.15) is 0 Å². The first kappa shape index (κ1) is 18.7. The van der Waals surface area contributed by atoms with Crippen molar-refractivity contribution >= 4 is 11.6 Å². The van der Waals surface area contributed by atoms with Crippen molar-refractivity contribution in [1.29, 1.82) is 0 Å². The molecule has 4 bridgehead atoms. The summed E-state index contributed by atoms with van der Waals surface area (Å²) in [5.41, 5.74) is 4.51. The van der Waals surface area contributed by atoms with Gasteiger partial charge in [0.1, 0.15) is 0 Å². The summed E-state index contributed by atoms with van der Waals surface area (Å²) in [6.07, 6.45) is 8.79. The number of carbonyl (C=O) groups is 1. The van der Waals surface area contributed by atoms with Crippen molar-refractivity contribution in [2.75, 3.05) is 5.32 Å². The molecule has 0 radical (unpaired) electrons. The maximum Gasteiger partial charge on any atom is 0.251 e. The number of hydrogen-bond acceptors (Lipinski definition) is 2. The van der Waals surface area contributed by atoms with E-state index in [1.165, 1.54) is 49.8 Å². The third-order valence-electron chi connectivity index (χ3n) is 7.49. The molecule has 0 unspecified atom stereocenters. The molecular weight excluding hydrogens is 356 g/mol. The number of rotatable bonds is 6. The topological polar surface area (TPSA) is 41.1 Å². The van der Waals surface area contributed by atoms with Gasteiger partial charge in [-0.3, -0.25) is 4.79 Å². The van der Waals surface area contributed by atoms with Gasteiger partial charge in [0.2, 0.25) is 0 Å². The van der Waals surface area contributed by atoms with Gasteiger partial charge in [0.05, 0.1) is 0 Å². The first-order valence-corrected chi connectivity index (χ1v) is 11.4. The second-order valence-electron chi connectivity index (χ2n) is 9.72. The van der Waals surface area contributed by atoms with E-state index in [0.717, 1.165) is 41.8 Å². The Morgan fingerprint density at radius 2 is 1.66 bits per heavy atom. The van der Waals surface area contributed by atoms with Crippen LogP contribution in [0.15, 0.2) is 48.5 Å². The van der Waals surface area contributed by atoms with Gasteiger partial charge in [0.25, 0.3) is 5.91 Å². The maximum absolute atomic E-state index is 13.1. The molecule has 2 aromatic rings. The Labute approximate surface area is 174 Å². The van der Waals surface area contributed by atoms with Crippen molar-refractivity contribution < 1.29 is 4.79 Å². The van der Waals surface area contributed by atoms with Crippen LogP contribution in [-0.2, 0) is 13.0 Å². The van der Waals surface area contributed by atoms with Gasteiger partial charge in [-0.05, 0) is 92.0 Å². The van der Waals surface area contributed by atoms with Gasteiger partial charge in [0, 0.05) is 23.3 Å². The number of benzene rings is 2. The Hall–Kier alpha value is -2.29. The normalized spacial score (nSPS) is 29.6. The van der Waals surface area contributed by atoms with E-state index in [2.05, 4.69) is 54.0 Å². The second-order valence-corrected chi connectivity index (χ2v) is 9.72. The van der Waals surface area contributed by atoms with Gasteiger partial charge in [0.15, 0.2) is 0 Å². The highest BCUT2D eigenvalue weighted by Crippen LogP contribution is 2.55. The second kappa shape index (κ2) is 7.51. The zero-order chi connectivity index (χ0) is 19.8. The molecule has 3 heteroatoms. The Bertz CT molecular complexity index is 868. The van der Waals surface area contributed by atoms with Gasteiger partial charge < -0.3 is 10.6 Å². The molecule has 0 heterocycles. The van der Waals surface area contributed by atoms with E-state index in [0.29, 0.717) is 0 Å². The summed E-state index contributed by atoms with van der Waals surface area (Å²) >= 11 is 0. The Morgan fingerprint density at radius 3 is 2.34 bits per heavy atom. The average molecular weight is 389 g/mol. The molecule has 3 nitrogen and oxygen atoms in total. The molecule has 4 aliphatic rings. The van der Waals surface area contributed by atoms with Crippen LogP contribution in [0.1, 0.15) is 66.9 Å². The summed E-state index contributed by atoms with van der Waals surface area (Å²) in [7, 11) is 0. The van der Waals surface area contributed by atoms with E-state index in [9.17, 15) is 4.79 Å². The highest BCUT2D eigenvalue weighted by atomic mass is 16.1. The van der Waals surface area contributed by atoms with Crippen LogP contribution in [0.2, 0.25) is 0 Å². The fourth-order valence-electron chi connectivity index (χ4n) is 6.60. The third-order valence-corrected chi connectivity index (χ3v) is 7.49. The van der Waals surface area contributed by atoms with Gasteiger partial charge in [-0.15, -0.1) is 0 Å². The third kappa shape index (κ3) is 3.80. The minimum atomic E-state index is 0.0696. The molecule has 0 spiro atoms. The number of anilines is 1. The van der Waals surface area contributed by atoms with Gasteiger partial charge in [-0.25, -0.2) is 0 Å². The lowest BCUT2D eigenvalue weighted by atomic mass is 9.53. The van der Waals surface area contributed by atoms with E-state index >= 15 is 0 Å². The molecule has 4 fully saturated rings. The Kier molecular flexibility index (Phi) is 4.85. The molecule has 6 rings (SSSR count). The minimum Gasteiger partial charge on any atom is -0.381 e. The van der Waals surface area contributed by atoms with E-state index < -0.39 is 0 Å². The van der Waals surface area contributed by atoms with Gasteiger partial charge >= 0.3 is 0 Å². The van der Waals surface area contributed by atoms with E-state index in [1.54, 1.807) is 0 Å². The molecule has 0 aromatic heterocycles. The first-order chi connectivity index (χ1) is 14.1. The number of nitrogens with one attached hydrogen (secondary N) is 2. The van der Waals surface area contributed by atoms with Crippen LogP contribution in [0.4, 0.5) is 5.69 Å². The molecule has 4 aliphatic carbocycles. The number of para-hydroxylation sites is 1. The lowest BCUT2D eigenvalue weighted by molar-refractivity contribution is -0.0167. The predicted molar refractivity (Wildman–Crippen MR) is 118 cm³/mol. The summed E-state index contributed by atoms with van der Waals surface area (Å²) in [4.78, 5) is 13.1. The fourth-order valence-corrected chi connectivity index (χ4v) is 6.60. The monoisotopic (exact) mass is 388 g/mol. The first-order valence-electron chi connectivity index (χ1n) is 11.4. The number of hydrogen-bond donors (Lipinski definition) is 2. The summed E-state index contributed by atoms with van der Waals surface area (Å²) in [5, 5.41) is 7.04. The van der Waals surface area contributed by atoms with Crippen molar-refractivity contribution in [3.05, 3.63) is 65.2 Å². The smallest absolute Gasteiger partial charge is 0.251 e. The zero-order valence-electron chi connectivity index (χ0n) is 17.4. The van der Waals surface area contributed by atoms with Crippen molar-refractivity contribution in [2.24, 2.45) is 17.8 Å². The van der Waals surface area contributed by atoms with E-state index in [1.807, 2.05) is 12.1 Å². The lowest BCUT2D eigenvalue weighted by Crippen LogP contribution is -2.59. The fraction of sp³-hybridized carbons (Fsp3) is 0.500. The summed E-state index contributed by atoms with van der Waals surface area (Å²) in [6, 6.07) is 16.6. The van der Waals surface area contributed by atoms with E-state index in [-0.39, 0.29) is 11.4 Å². The number of aryl methyl sites for hydroxylation is 1. The lowest BCUT2D eigenvalue weighted by Gasteiger charge is -2.56. The largest absolute Gasteiger partial charge is 0.381 e. The maximum atomic E-state index is 13.1. The van der Waals surface area contributed by atoms with Crippen LogP contribution in [-0.4, -0.2) is 11.4 Å². The van der Waals surface area contributed by atoms with Crippen LogP contribution in [0.5, 0.6) is 0 Å². The van der Waals surface area contributed by atoms with Crippen LogP contribution >= 0.6 is 0 Å². The number of carbonyl (C=O) groups excluding carboxylic acids is 1. The summed E-state index contributed by atoms with van der Waals surface area (Å²) in [6.45, 7) is 2.91. The van der Waals surface area contributed by atoms with Crippen molar-refractivity contribution in [3.63, 3.8) is 0 Å². The molecule has 152 valence electrons. The summed E-state index contributed by atoms with van der Waals surface area (Å²) in [5.74, 6) is 2.64. The van der Waals surface area contributed by atoms with Crippen LogP contribution < -0.4 is 10.6 Å². The molecule has 0 aliphatic heterocycles. The molecule has 0 saturated heterocycles. The summed E-state index contributed by atoms with van der Waals surface area (Å²) < 4.78 is 0. The Morgan fingerprint density at radius 1 is 0.966 bits per heavy atom. The Balaban J connectivity index is 1.27. The predicted octanol–water partition coefficient (Wildman–Crippen LogP) is 5.56. The van der Waals surface area contributed by atoms with Crippen molar-refractivity contribution in [1.82, 2.24) is 5.32 Å². The zero-order valence-corrected chi connectivity index (χ0v) is 17.4. The minimum absolute atomic E-state index is 0.0696. The van der Waals surface area contributed by atoms with Crippen LogP contribution in [0.3, 0.4) is 0 Å². The number of amides is 1. The highest BCUT2D eigenvalue weighted by Gasteiger charge is 2.51. The van der Waals surface area contributed by atoms with Crippen molar-refractivity contribution in [3.8, 4) is 0 Å². The van der Waals surface area contributed by atoms with Crippen LogP contribution in [0, 0.1) is 17.8 Å². The molecule has 29 heavy (non-hydrogen) atoms. The SMILES string of the molecule is CCc1ccccc1NCc1cccc(C(=O)NC23CC4CC(CC(C4)C2)C3)c1. The van der Waals surface area contributed by atoms with Crippen LogP contribution in [0.25, 0.3) is 0 Å². The van der Waals surface area contributed by atoms with E-state index in [4.69, 9.17) is 0 Å². The molecule has 0 atom stereocenters. The molecule has 2 N–H and O–H groups in total. The molecule has 2 aromatic carbocycles. The molecular formula is C26H32N2O. The average Bonchev–Trinajstić information content (AvgIpc) is 2.71.